The number of ether oxygens (including phenoxy) is 1. The molecule has 0 spiro atoms. The Kier molecular flexibility index (Phi) is 7.06. The highest BCUT2D eigenvalue weighted by Crippen LogP contribution is 2.18. The average Bonchev–Trinajstić information content (AvgIpc) is 2.15. The topological polar surface area (TPSA) is 26.3 Å². The van der Waals surface area contributed by atoms with Crippen LogP contribution in [0, 0.1) is 11.8 Å². The van der Waals surface area contributed by atoms with Gasteiger partial charge in [-0.15, -0.1) is 11.6 Å². The van der Waals surface area contributed by atoms with Crippen molar-refractivity contribution >= 4 is 17.6 Å². The smallest absolute Gasteiger partial charge is 0.308 e. The van der Waals surface area contributed by atoms with E-state index in [4.69, 9.17) is 11.6 Å². The number of halogens is 1. The van der Waals surface area contributed by atoms with Gasteiger partial charge in [-0.05, 0) is 18.8 Å². The minimum atomic E-state index is -0.113. The summed E-state index contributed by atoms with van der Waals surface area (Å²) in [5.41, 5.74) is 0. The number of hydrogen-bond acceptors (Lipinski definition) is 2. The average molecular weight is 207 g/mol. The number of carbonyl (C=O) groups excluding carboxylic acids is 1. The van der Waals surface area contributed by atoms with E-state index >= 15 is 0 Å². The number of carbonyl (C=O) groups is 1. The van der Waals surface area contributed by atoms with Crippen molar-refractivity contribution in [3.8, 4) is 0 Å². The van der Waals surface area contributed by atoms with Crippen molar-refractivity contribution in [2.75, 3.05) is 13.0 Å². The number of hydrogen-bond donors (Lipinski definition) is 0. The number of alkyl halides is 1. The lowest BCUT2D eigenvalue weighted by atomic mass is 9.91. The molecule has 0 fully saturated rings. The Balaban J connectivity index is 3.68. The van der Waals surface area contributed by atoms with E-state index in [0.29, 0.717) is 11.8 Å². The van der Waals surface area contributed by atoms with Crippen LogP contribution in [0.15, 0.2) is 0 Å². The van der Waals surface area contributed by atoms with E-state index in [1.807, 2.05) is 6.92 Å². The highest BCUT2D eigenvalue weighted by atomic mass is 35.5. The third kappa shape index (κ3) is 5.14. The van der Waals surface area contributed by atoms with E-state index in [9.17, 15) is 4.79 Å². The van der Waals surface area contributed by atoms with E-state index < -0.39 is 0 Å². The highest BCUT2D eigenvalue weighted by molar-refractivity contribution is 6.17. The monoisotopic (exact) mass is 206 g/mol. The number of methoxy groups -OCH3 is 1. The van der Waals surface area contributed by atoms with Crippen LogP contribution in [0.5, 0.6) is 0 Å². The molecule has 2 unspecified atom stereocenters. The number of esters is 1. The maximum absolute atomic E-state index is 11.1. The van der Waals surface area contributed by atoms with E-state index in [1.165, 1.54) is 7.11 Å². The van der Waals surface area contributed by atoms with Gasteiger partial charge in [0.25, 0.3) is 0 Å². The normalized spacial score (nSPS) is 15.1. The SMILES string of the molecule is COC(=O)C(C)C(C)CCCCCl. The van der Waals surface area contributed by atoms with Gasteiger partial charge >= 0.3 is 5.97 Å². The van der Waals surface area contributed by atoms with Crippen molar-refractivity contribution in [3.05, 3.63) is 0 Å². The molecular formula is C10H19ClO2. The lowest BCUT2D eigenvalue weighted by Gasteiger charge is -2.16. The lowest BCUT2D eigenvalue weighted by Crippen LogP contribution is -2.20. The summed E-state index contributed by atoms with van der Waals surface area (Å²) in [5.74, 6) is 0.980. The largest absolute Gasteiger partial charge is 0.469 e. The molecule has 3 heteroatoms. The van der Waals surface area contributed by atoms with E-state index in [0.717, 1.165) is 19.3 Å². The van der Waals surface area contributed by atoms with E-state index in [-0.39, 0.29) is 11.9 Å². The molecule has 0 aliphatic rings. The second-order valence-corrected chi connectivity index (χ2v) is 3.85. The first-order valence-corrected chi connectivity index (χ1v) is 5.30. The molecule has 78 valence electrons. The van der Waals surface area contributed by atoms with Crippen LogP contribution >= 0.6 is 11.6 Å². The Labute approximate surface area is 85.6 Å². The predicted octanol–water partition coefficient (Wildman–Crippen LogP) is 2.84. The molecule has 0 aromatic heterocycles. The molecule has 0 aromatic carbocycles. The Morgan fingerprint density at radius 1 is 1.38 bits per heavy atom. The fourth-order valence-corrected chi connectivity index (χ4v) is 1.42. The Hall–Kier alpha value is -0.240. The second kappa shape index (κ2) is 7.19. The van der Waals surface area contributed by atoms with Gasteiger partial charge in [0.15, 0.2) is 0 Å². The molecule has 0 amide bonds. The zero-order valence-corrected chi connectivity index (χ0v) is 9.43. The van der Waals surface area contributed by atoms with Crippen LogP contribution in [-0.2, 0) is 9.53 Å². The summed E-state index contributed by atoms with van der Waals surface area (Å²) in [5, 5.41) is 0. The van der Waals surface area contributed by atoms with Crippen molar-refractivity contribution in [1.82, 2.24) is 0 Å². The molecule has 2 atom stereocenters. The molecule has 0 bridgehead atoms. The maximum atomic E-state index is 11.1. The standard InChI is InChI=1S/C10H19ClO2/c1-8(6-4-5-7-11)9(2)10(12)13-3/h8-9H,4-7H2,1-3H3. The van der Waals surface area contributed by atoms with Crippen molar-refractivity contribution in [1.29, 1.82) is 0 Å². The summed E-state index contributed by atoms with van der Waals surface area (Å²) in [6.45, 7) is 3.99. The van der Waals surface area contributed by atoms with Gasteiger partial charge in [-0.25, -0.2) is 0 Å². The first-order chi connectivity index (χ1) is 6.13. The van der Waals surface area contributed by atoms with Crippen LogP contribution in [0.2, 0.25) is 0 Å². The van der Waals surface area contributed by atoms with Crippen molar-refractivity contribution in [2.45, 2.75) is 33.1 Å². The molecule has 0 aromatic rings. The van der Waals surface area contributed by atoms with Crippen LogP contribution in [0.3, 0.4) is 0 Å². The van der Waals surface area contributed by atoms with Gasteiger partial charge in [0.1, 0.15) is 0 Å². The highest BCUT2D eigenvalue weighted by Gasteiger charge is 2.19. The van der Waals surface area contributed by atoms with Gasteiger partial charge in [-0.2, -0.15) is 0 Å². The molecule has 0 saturated carbocycles. The van der Waals surface area contributed by atoms with E-state index in [1.54, 1.807) is 0 Å². The molecule has 13 heavy (non-hydrogen) atoms. The molecular weight excluding hydrogens is 188 g/mol. The Bertz CT molecular complexity index is 148. The minimum absolute atomic E-state index is 0.000301. The van der Waals surface area contributed by atoms with E-state index in [2.05, 4.69) is 11.7 Å². The van der Waals surface area contributed by atoms with Gasteiger partial charge < -0.3 is 4.74 Å². The Morgan fingerprint density at radius 2 is 2.00 bits per heavy atom. The van der Waals surface area contributed by atoms with Crippen molar-refractivity contribution in [3.63, 3.8) is 0 Å². The molecule has 0 aliphatic carbocycles. The summed E-state index contributed by atoms with van der Waals surface area (Å²) in [4.78, 5) is 11.1. The van der Waals surface area contributed by atoms with Crippen molar-refractivity contribution < 1.29 is 9.53 Å². The predicted molar refractivity (Wildman–Crippen MR) is 54.9 cm³/mol. The molecule has 0 heterocycles. The molecule has 0 saturated heterocycles. The van der Waals surface area contributed by atoms with Crippen LogP contribution in [0.1, 0.15) is 33.1 Å². The molecule has 0 radical (unpaired) electrons. The van der Waals surface area contributed by atoms with Gasteiger partial charge in [0.05, 0.1) is 13.0 Å². The summed E-state index contributed by atoms with van der Waals surface area (Å²) in [7, 11) is 1.43. The van der Waals surface area contributed by atoms with Gasteiger partial charge in [0, 0.05) is 5.88 Å². The zero-order chi connectivity index (χ0) is 10.3. The summed E-state index contributed by atoms with van der Waals surface area (Å²) < 4.78 is 4.67. The van der Waals surface area contributed by atoms with Gasteiger partial charge in [0.2, 0.25) is 0 Å². The van der Waals surface area contributed by atoms with Gasteiger partial charge in [-0.1, -0.05) is 20.3 Å². The first kappa shape index (κ1) is 12.8. The molecule has 2 nitrogen and oxygen atoms in total. The quantitative estimate of drug-likeness (QED) is 0.380. The number of rotatable bonds is 6. The summed E-state index contributed by atoms with van der Waals surface area (Å²) >= 11 is 5.56. The second-order valence-electron chi connectivity index (χ2n) is 3.47. The third-order valence-corrected chi connectivity index (χ3v) is 2.74. The fourth-order valence-electron chi connectivity index (χ4n) is 1.23. The van der Waals surface area contributed by atoms with Crippen LogP contribution < -0.4 is 0 Å². The molecule has 0 N–H and O–H groups in total. The van der Waals surface area contributed by atoms with Crippen LogP contribution in [0.4, 0.5) is 0 Å². The summed E-state index contributed by atoms with van der Waals surface area (Å²) in [6, 6.07) is 0. The van der Waals surface area contributed by atoms with Crippen LogP contribution in [-0.4, -0.2) is 19.0 Å². The minimum Gasteiger partial charge on any atom is -0.469 e. The zero-order valence-electron chi connectivity index (χ0n) is 8.68. The Morgan fingerprint density at radius 3 is 2.46 bits per heavy atom. The maximum Gasteiger partial charge on any atom is 0.308 e. The van der Waals surface area contributed by atoms with Gasteiger partial charge in [-0.3, -0.25) is 4.79 Å². The lowest BCUT2D eigenvalue weighted by molar-refractivity contribution is -0.146. The summed E-state index contributed by atoms with van der Waals surface area (Å²) in [6.07, 6.45) is 3.16. The molecule has 0 aliphatic heterocycles. The number of unbranched alkanes of at least 4 members (excludes halogenated alkanes) is 1. The third-order valence-electron chi connectivity index (χ3n) is 2.47. The van der Waals surface area contributed by atoms with Crippen LogP contribution in [0.25, 0.3) is 0 Å². The van der Waals surface area contributed by atoms with Crippen molar-refractivity contribution in [2.24, 2.45) is 11.8 Å². The first-order valence-electron chi connectivity index (χ1n) is 4.77. The molecule has 0 rings (SSSR count). The fraction of sp³-hybridized carbons (Fsp3) is 0.900.